The number of ether oxygens (including phenoxy) is 2. The Morgan fingerprint density at radius 3 is 2.10 bits per heavy atom. The number of alkyl carbamates (subject to hydrolysis) is 1. The number of carbonyl (C=O) groups excluding carboxylic acids is 3. The number of esters is 1. The van der Waals surface area contributed by atoms with E-state index in [4.69, 9.17) is 14.6 Å². The van der Waals surface area contributed by atoms with Gasteiger partial charge in [0.05, 0.1) is 6.42 Å². The van der Waals surface area contributed by atoms with Crippen molar-refractivity contribution in [3.05, 3.63) is 107 Å². The standard InChI is InChI=1S/C31H30N2O7/c1-20(30(36)37)15-16-32-29(35)27(17-28(34)39-18-21-9-3-2-4-10-21)33-31(38)40-19-26-24-13-7-5-11-22(24)23-12-6-8-14-25(23)26/h2-15,26-27H,16-19H2,1H3,(H,32,35)(H,33,38)(H,36,37)/b20-15+/t27-/m0/s1. The summed E-state index contributed by atoms with van der Waals surface area (Å²) in [5.41, 5.74) is 5.05. The van der Waals surface area contributed by atoms with Crippen LogP contribution in [-0.4, -0.2) is 48.2 Å². The molecule has 1 atom stereocenters. The average molecular weight is 543 g/mol. The summed E-state index contributed by atoms with van der Waals surface area (Å²) < 4.78 is 10.8. The number of hydrogen-bond donors (Lipinski definition) is 3. The number of carbonyl (C=O) groups is 4. The number of fused-ring (bicyclic) bond motifs is 3. The maximum absolute atomic E-state index is 12.9. The number of nitrogens with one attached hydrogen (secondary N) is 2. The summed E-state index contributed by atoms with van der Waals surface area (Å²) >= 11 is 0. The Balaban J connectivity index is 1.40. The molecule has 0 saturated heterocycles. The van der Waals surface area contributed by atoms with Crippen molar-refractivity contribution < 1.29 is 33.8 Å². The van der Waals surface area contributed by atoms with Crippen molar-refractivity contribution in [2.24, 2.45) is 0 Å². The topological polar surface area (TPSA) is 131 Å². The van der Waals surface area contributed by atoms with E-state index in [1.54, 1.807) is 12.1 Å². The molecule has 0 aromatic heterocycles. The highest BCUT2D eigenvalue weighted by Crippen LogP contribution is 2.44. The Labute approximate surface area is 231 Å². The molecular formula is C31H30N2O7. The van der Waals surface area contributed by atoms with Gasteiger partial charge < -0.3 is 25.2 Å². The van der Waals surface area contributed by atoms with Crippen molar-refractivity contribution in [3.63, 3.8) is 0 Å². The zero-order valence-corrected chi connectivity index (χ0v) is 22.0. The third kappa shape index (κ3) is 7.13. The van der Waals surface area contributed by atoms with Gasteiger partial charge in [-0.25, -0.2) is 9.59 Å². The first-order chi connectivity index (χ1) is 19.3. The molecule has 9 nitrogen and oxygen atoms in total. The Bertz CT molecular complexity index is 1370. The molecule has 206 valence electrons. The smallest absolute Gasteiger partial charge is 0.407 e. The first-order valence-corrected chi connectivity index (χ1v) is 12.8. The maximum atomic E-state index is 12.9. The molecule has 2 amide bonds. The van der Waals surface area contributed by atoms with Gasteiger partial charge in [0.15, 0.2) is 0 Å². The molecule has 3 N–H and O–H groups in total. The van der Waals surface area contributed by atoms with Crippen LogP contribution in [0.1, 0.15) is 36.0 Å². The first-order valence-electron chi connectivity index (χ1n) is 12.8. The van der Waals surface area contributed by atoms with Crippen molar-refractivity contribution in [1.82, 2.24) is 10.6 Å². The van der Waals surface area contributed by atoms with Crippen LogP contribution in [0, 0.1) is 0 Å². The van der Waals surface area contributed by atoms with E-state index in [0.717, 1.165) is 27.8 Å². The summed E-state index contributed by atoms with van der Waals surface area (Å²) in [6, 6.07) is 23.6. The minimum atomic E-state index is -1.29. The van der Waals surface area contributed by atoms with Gasteiger partial charge in [0.25, 0.3) is 0 Å². The number of carboxylic acids is 1. The van der Waals surface area contributed by atoms with E-state index < -0.39 is 36.4 Å². The summed E-state index contributed by atoms with van der Waals surface area (Å²) in [6.07, 6.45) is 0.0122. The fourth-order valence-electron chi connectivity index (χ4n) is 4.47. The largest absolute Gasteiger partial charge is 0.478 e. The van der Waals surface area contributed by atoms with Gasteiger partial charge in [-0.2, -0.15) is 0 Å². The maximum Gasteiger partial charge on any atom is 0.407 e. The highest BCUT2D eigenvalue weighted by Gasteiger charge is 2.30. The fourth-order valence-corrected chi connectivity index (χ4v) is 4.47. The van der Waals surface area contributed by atoms with Crippen molar-refractivity contribution in [3.8, 4) is 11.1 Å². The van der Waals surface area contributed by atoms with Crippen molar-refractivity contribution in [2.75, 3.05) is 13.2 Å². The number of aliphatic carboxylic acids is 1. The van der Waals surface area contributed by atoms with Gasteiger partial charge in [0.1, 0.15) is 19.3 Å². The predicted octanol–water partition coefficient (Wildman–Crippen LogP) is 4.17. The molecule has 3 aromatic carbocycles. The van der Waals surface area contributed by atoms with Crippen LogP contribution in [0.5, 0.6) is 0 Å². The fraction of sp³-hybridized carbons (Fsp3) is 0.226. The van der Waals surface area contributed by atoms with Gasteiger partial charge in [0.2, 0.25) is 5.91 Å². The molecule has 0 spiro atoms. The monoisotopic (exact) mass is 542 g/mol. The van der Waals surface area contributed by atoms with Crippen LogP contribution in [0.2, 0.25) is 0 Å². The van der Waals surface area contributed by atoms with Gasteiger partial charge in [0, 0.05) is 18.0 Å². The number of rotatable bonds is 11. The third-order valence-corrected chi connectivity index (χ3v) is 6.59. The minimum Gasteiger partial charge on any atom is -0.478 e. The summed E-state index contributed by atoms with van der Waals surface area (Å²) in [5, 5.41) is 14.0. The molecule has 0 bridgehead atoms. The third-order valence-electron chi connectivity index (χ3n) is 6.59. The lowest BCUT2D eigenvalue weighted by Gasteiger charge is -2.19. The summed E-state index contributed by atoms with van der Waals surface area (Å²) in [7, 11) is 0. The van der Waals surface area contributed by atoms with Gasteiger partial charge in [-0.05, 0) is 34.7 Å². The molecule has 40 heavy (non-hydrogen) atoms. The second-order valence-electron chi connectivity index (χ2n) is 9.31. The SMILES string of the molecule is C/C(=C\CNC(=O)[C@H](CC(=O)OCc1ccccc1)NC(=O)OCC1c2ccccc2-c2ccccc21)C(=O)O. The molecule has 1 aliphatic rings. The summed E-state index contributed by atoms with van der Waals surface area (Å²) in [4.78, 5) is 49.2. The second kappa shape index (κ2) is 13.2. The zero-order valence-electron chi connectivity index (χ0n) is 22.0. The van der Waals surface area contributed by atoms with E-state index in [-0.39, 0.29) is 31.2 Å². The van der Waals surface area contributed by atoms with Gasteiger partial charge in [-0.15, -0.1) is 0 Å². The van der Waals surface area contributed by atoms with E-state index in [9.17, 15) is 19.2 Å². The lowest BCUT2D eigenvalue weighted by Crippen LogP contribution is -2.48. The predicted molar refractivity (Wildman–Crippen MR) is 147 cm³/mol. The number of hydrogen-bond acceptors (Lipinski definition) is 6. The lowest BCUT2D eigenvalue weighted by atomic mass is 9.98. The highest BCUT2D eigenvalue weighted by molar-refractivity contribution is 5.90. The molecule has 4 rings (SSSR count). The molecule has 0 radical (unpaired) electrons. The Morgan fingerprint density at radius 2 is 1.48 bits per heavy atom. The second-order valence-corrected chi connectivity index (χ2v) is 9.31. The number of amides is 2. The molecule has 0 heterocycles. The van der Waals surface area contributed by atoms with Crippen LogP contribution < -0.4 is 10.6 Å². The molecule has 9 heteroatoms. The quantitative estimate of drug-likeness (QED) is 0.245. The highest BCUT2D eigenvalue weighted by atomic mass is 16.5. The molecular weight excluding hydrogens is 512 g/mol. The Hall–Kier alpha value is -4.92. The van der Waals surface area contributed by atoms with Crippen LogP contribution in [-0.2, 0) is 30.5 Å². The number of benzene rings is 3. The van der Waals surface area contributed by atoms with E-state index in [1.165, 1.54) is 13.0 Å². The van der Waals surface area contributed by atoms with E-state index >= 15 is 0 Å². The molecule has 0 unspecified atom stereocenters. The average Bonchev–Trinajstić information content (AvgIpc) is 3.28. The van der Waals surface area contributed by atoms with Gasteiger partial charge in [-0.1, -0.05) is 84.9 Å². The van der Waals surface area contributed by atoms with Crippen molar-refractivity contribution in [2.45, 2.75) is 31.9 Å². The molecule has 0 saturated carbocycles. The van der Waals surface area contributed by atoms with Crippen molar-refractivity contribution >= 4 is 23.9 Å². The lowest BCUT2D eigenvalue weighted by molar-refractivity contribution is -0.147. The van der Waals surface area contributed by atoms with Crippen LogP contribution in [0.25, 0.3) is 11.1 Å². The molecule has 0 aliphatic heterocycles. The van der Waals surface area contributed by atoms with Crippen LogP contribution in [0.4, 0.5) is 4.79 Å². The molecule has 0 fully saturated rings. The zero-order chi connectivity index (χ0) is 28.5. The molecule has 3 aromatic rings. The Kier molecular flexibility index (Phi) is 9.30. The van der Waals surface area contributed by atoms with Crippen LogP contribution in [0.15, 0.2) is 90.5 Å². The van der Waals surface area contributed by atoms with E-state index in [2.05, 4.69) is 10.6 Å². The van der Waals surface area contributed by atoms with Gasteiger partial charge in [-0.3, -0.25) is 9.59 Å². The van der Waals surface area contributed by atoms with Crippen LogP contribution in [0.3, 0.4) is 0 Å². The Morgan fingerprint density at radius 1 is 0.875 bits per heavy atom. The molecule has 1 aliphatic carbocycles. The van der Waals surface area contributed by atoms with Crippen molar-refractivity contribution in [1.29, 1.82) is 0 Å². The normalized spacial score (nSPS) is 13.0. The number of carboxylic acid groups (broad SMARTS) is 1. The van der Waals surface area contributed by atoms with Gasteiger partial charge >= 0.3 is 18.0 Å². The van der Waals surface area contributed by atoms with E-state index in [1.807, 2.05) is 66.7 Å². The minimum absolute atomic E-state index is 0.0134. The van der Waals surface area contributed by atoms with Crippen LogP contribution >= 0.6 is 0 Å². The first kappa shape index (κ1) is 28.1. The van der Waals surface area contributed by atoms with E-state index in [0.29, 0.717) is 0 Å². The summed E-state index contributed by atoms with van der Waals surface area (Å²) in [6.45, 7) is 1.34. The summed E-state index contributed by atoms with van der Waals surface area (Å²) in [5.74, 6) is -2.67.